The minimum atomic E-state index is 0.363. The van der Waals surface area contributed by atoms with E-state index in [1.165, 1.54) is 0 Å². The maximum atomic E-state index is 5.35. The van der Waals surface area contributed by atoms with Gasteiger partial charge >= 0.3 is 0 Å². The molecule has 0 atom stereocenters. The summed E-state index contributed by atoms with van der Waals surface area (Å²) < 4.78 is 7.26. The number of benzene rings is 1. The first-order valence-electron chi connectivity index (χ1n) is 7.05. The van der Waals surface area contributed by atoms with Crippen molar-refractivity contribution < 1.29 is 4.74 Å². The summed E-state index contributed by atoms with van der Waals surface area (Å²) in [7, 11) is 0. The molecule has 0 saturated carbocycles. The summed E-state index contributed by atoms with van der Waals surface area (Å²) in [6, 6.07) is 10.1. The van der Waals surface area contributed by atoms with Gasteiger partial charge in [0, 0.05) is 19.6 Å². The minimum absolute atomic E-state index is 0.363. The molecule has 1 aliphatic rings. The van der Waals surface area contributed by atoms with Gasteiger partial charge in [0.1, 0.15) is 0 Å². The van der Waals surface area contributed by atoms with Crippen LogP contribution in [-0.2, 0) is 11.3 Å². The van der Waals surface area contributed by atoms with E-state index in [-0.39, 0.29) is 0 Å². The number of morpholine rings is 1. The van der Waals surface area contributed by atoms with E-state index in [4.69, 9.17) is 17.0 Å². The predicted octanol–water partition coefficient (Wildman–Crippen LogP) is 1.79. The Bertz CT molecular complexity index is 640. The first-order valence-corrected chi connectivity index (χ1v) is 7.90. The minimum Gasteiger partial charge on any atom is -0.378 e. The molecule has 0 amide bonds. The molecule has 6 nitrogen and oxygen atoms in total. The van der Waals surface area contributed by atoms with Crippen molar-refractivity contribution in [1.29, 1.82) is 0 Å². The largest absolute Gasteiger partial charge is 0.378 e. The zero-order valence-electron chi connectivity index (χ0n) is 12.0. The van der Waals surface area contributed by atoms with Crippen LogP contribution in [0, 0.1) is 0 Å². The lowest BCUT2D eigenvalue weighted by molar-refractivity contribution is 0.122. The molecule has 2 heterocycles. The van der Waals surface area contributed by atoms with Crippen LogP contribution in [0.1, 0.15) is 5.56 Å². The second-order valence-corrected chi connectivity index (χ2v) is 5.98. The highest BCUT2D eigenvalue weighted by atomic mass is 32.1. The molecule has 1 aromatic carbocycles. The van der Waals surface area contributed by atoms with Gasteiger partial charge in [-0.1, -0.05) is 42.5 Å². The van der Waals surface area contributed by atoms with Crippen molar-refractivity contribution in [3.8, 4) is 0 Å². The van der Waals surface area contributed by atoms with Gasteiger partial charge in [0.15, 0.2) is 4.32 Å². The Morgan fingerprint density at radius 1 is 1.27 bits per heavy atom. The molecule has 0 spiro atoms. The Balaban J connectivity index is 1.76. The number of nitrogens with one attached hydrogen (secondary N) is 1. The lowest BCUT2D eigenvalue weighted by Gasteiger charge is -2.25. The molecule has 0 unspecified atom stereocenters. The highest BCUT2D eigenvalue weighted by Crippen LogP contribution is 2.16. The highest BCUT2D eigenvalue weighted by molar-refractivity contribution is 8.11. The number of hydrogen-bond acceptors (Lipinski definition) is 6. The van der Waals surface area contributed by atoms with Crippen LogP contribution >= 0.6 is 24.8 Å². The van der Waals surface area contributed by atoms with Crippen LogP contribution in [-0.4, -0.2) is 45.4 Å². The molecule has 8 heteroatoms. The lowest BCUT2D eigenvalue weighted by Crippen LogP contribution is -2.37. The Labute approximate surface area is 139 Å². The van der Waals surface area contributed by atoms with Gasteiger partial charge in [-0.3, -0.25) is 0 Å². The lowest BCUT2D eigenvalue weighted by atomic mass is 10.2. The van der Waals surface area contributed by atoms with Crippen LogP contribution < -0.4 is 10.2 Å². The van der Waals surface area contributed by atoms with Crippen molar-refractivity contribution in [2.75, 3.05) is 36.5 Å². The van der Waals surface area contributed by atoms with Crippen LogP contribution in [0.4, 0.5) is 11.9 Å². The Morgan fingerprint density at radius 3 is 2.68 bits per heavy atom. The molecule has 2 aromatic rings. The van der Waals surface area contributed by atoms with Gasteiger partial charge in [0.25, 0.3) is 0 Å². The first-order chi connectivity index (χ1) is 10.7. The van der Waals surface area contributed by atoms with Gasteiger partial charge in [0.2, 0.25) is 11.9 Å². The van der Waals surface area contributed by atoms with Crippen molar-refractivity contribution in [3.05, 3.63) is 35.9 Å². The molecule has 0 aliphatic carbocycles. The molecular weight excluding hydrogens is 318 g/mol. The summed E-state index contributed by atoms with van der Waals surface area (Å²) in [4.78, 5) is 6.63. The number of nitrogens with zero attached hydrogens (tertiary/aromatic N) is 4. The van der Waals surface area contributed by atoms with Gasteiger partial charge in [-0.05, 0) is 5.56 Å². The molecule has 1 N–H and O–H groups in total. The molecular formula is C14H17N5OS2. The van der Waals surface area contributed by atoms with E-state index in [0.717, 1.165) is 18.7 Å². The van der Waals surface area contributed by atoms with Crippen molar-refractivity contribution >= 4 is 41.1 Å². The average molecular weight is 335 g/mol. The Morgan fingerprint density at radius 2 is 2.00 bits per heavy atom. The van der Waals surface area contributed by atoms with Crippen molar-refractivity contribution in [3.63, 3.8) is 0 Å². The smallest absolute Gasteiger partial charge is 0.247 e. The summed E-state index contributed by atoms with van der Waals surface area (Å²) >= 11 is 9.36. The van der Waals surface area contributed by atoms with Crippen LogP contribution in [0.3, 0.4) is 0 Å². The van der Waals surface area contributed by atoms with Crippen LogP contribution in [0.5, 0.6) is 0 Å². The fourth-order valence-corrected chi connectivity index (χ4v) is 2.49. The third kappa shape index (κ3) is 3.57. The quantitative estimate of drug-likeness (QED) is 0.656. The highest BCUT2D eigenvalue weighted by Gasteiger charge is 2.19. The molecule has 0 radical (unpaired) electrons. The molecule has 1 aliphatic heterocycles. The second-order valence-electron chi connectivity index (χ2n) is 4.87. The topological polar surface area (TPSA) is 55.2 Å². The van der Waals surface area contributed by atoms with Gasteiger partial charge in [-0.2, -0.15) is 9.67 Å². The summed E-state index contributed by atoms with van der Waals surface area (Å²) in [6.07, 6.45) is 0. The van der Waals surface area contributed by atoms with Crippen LogP contribution in [0.2, 0.25) is 0 Å². The number of aromatic nitrogens is 3. The Hall–Kier alpha value is -1.64. The summed E-state index contributed by atoms with van der Waals surface area (Å²) in [5.41, 5.74) is 1.16. The molecule has 116 valence electrons. The van der Waals surface area contributed by atoms with E-state index in [1.807, 2.05) is 18.2 Å². The van der Waals surface area contributed by atoms with Crippen molar-refractivity contribution in [1.82, 2.24) is 14.8 Å². The molecule has 3 rings (SSSR count). The summed E-state index contributed by atoms with van der Waals surface area (Å²) in [6.45, 7) is 3.58. The molecule has 22 heavy (non-hydrogen) atoms. The number of thiocarbonyl (C=S) groups is 1. The zero-order chi connectivity index (χ0) is 15.4. The van der Waals surface area contributed by atoms with Crippen molar-refractivity contribution in [2.24, 2.45) is 0 Å². The maximum absolute atomic E-state index is 5.35. The fraction of sp³-hybridized carbons (Fsp3) is 0.357. The van der Waals surface area contributed by atoms with E-state index in [2.05, 4.69) is 45.1 Å². The number of hydrogen-bond donors (Lipinski definition) is 2. The first kappa shape index (κ1) is 15.3. The van der Waals surface area contributed by atoms with Crippen LogP contribution in [0.15, 0.2) is 30.3 Å². The molecule has 1 fully saturated rings. The molecule has 1 saturated heterocycles. The Kier molecular flexibility index (Phi) is 4.91. The number of rotatable bonds is 4. The van der Waals surface area contributed by atoms with Gasteiger partial charge in [-0.15, -0.1) is 17.7 Å². The monoisotopic (exact) mass is 335 g/mol. The number of thiol groups is 1. The van der Waals surface area contributed by atoms with Gasteiger partial charge < -0.3 is 15.0 Å². The van der Waals surface area contributed by atoms with E-state index in [9.17, 15) is 0 Å². The van der Waals surface area contributed by atoms with E-state index in [1.54, 1.807) is 4.68 Å². The summed E-state index contributed by atoms with van der Waals surface area (Å²) in [5, 5.41) is 7.71. The fourth-order valence-electron chi connectivity index (χ4n) is 2.22. The standard InChI is InChI=1S/C14H17N5OS2/c21-14(22)19-12(15-10-11-4-2-1-3-5-11)16-13(17-19)18-6-8-20-9-7-18/h1-5H,6-10H2,(H,21,22)(H,15,16,17). The van der Waals surface area contributed by atoms with Crippen LogP contribution in [0.25, 0.3) is 0 Å². The number of anilines is 2. The van der Waals surface area contributed by atoms with E-state index in [0.29, 0.717) is 36.0 Å². The SMILES string of the molecule is S=C(S)n1nc(N2CCOCC2)nc1NCc1ccccc1. The third-order valence-electron chi connectivity index (χ3n) is 3.36. The zero-order valence-corrected chi connectivity index (χ0v) is 13.7. The molecule has 1 aromatic heterocycles. The maximum Gasteiger partial charge on any atom is 0.247 e. The number of ether oxygens (including phenoxy) is 1. The van der Waals surface area contributed by atoms with Gasteiger partial charge in [-0.25, -0.2) is 0 Å². The second kappa shape index (κ2) is 7.08. The van der Waals surface area contributed by atoms with Gasteiger partial charge in [0.05, 0.1) is 13.2 Å². The predicted molar refractivity (Wildman–Crippen MR) is 93.8 cm³/mol. The van der Waals surface area contributed by atoms with Crippen molar-refractivity contribution in [2.45, 2.75) is 6.54 Å². The normalized spacial score (nSPS) is 14.9. The molecule has 0 bridgehead atoms. The average Bonchev–Trinajstić information content (AvgIpc) is 2.99. The van der Waals surface area contributed by atoms with E-state index >= 15 is 0 Å². The summed E-state index contributed by atoms with van der Waals surface area (Å²) in [5.74, 6) is 1.25. The third-order valence-corrected chi connectivity index (χ3v) is 3.73. The van der Waals surface area contributed by atoms with E-state index < -0.39 is 0 Å².